The van der Waals surface area contributed by atoms with Gasteiger partial charge in [0.2, 0.25) is 5.91 Å². The number of benzene rings is 1. The van der Waals surface area contributed by atoms with Gasteiger partial charge in [0.1, 0.15) is 5.82 Å². The second-order valence-corrected chi connectivity index (χ2v) is 5.10. The normalized spacial score (nSPS) is 10.5. The van der Waals surface area contributed by atoms with Gasteiger partial charge < -0.3 is 5.32 Å². The second-order valence-electron chi connectivity index (χ2n) is 4.19. The van der Waals surface area contributed by atoms with Crippen LogP contribution in [0.2, 0.25) is 0 Å². The summed E-state index contributed by atoms with van der Waals surface area (Å²) in [6.45, 7) is 0. The number of nitrogens with one attached hydrogen (secondary N) is 1. The molecule has 2 aromatic rings. The fourth-order valence-corrected chi connectivity index (χ4v) is 2.02. The Hall–Kier alpha value is -1.69. The SMILES string of the molecule is Cn1cc(NC(=O)CCc2ccc(Br)cc2F)cn1. The first-order valence-electron chi connectivity index (χ1n) is 5.77. The Morgan fingerprint density at radius 3 is 2.95 bits per heavy atom. The molecule has 1 aromatic carbocycles. The number of carbonyl (C=O) groups is 1. The first-order chi connectivity index (χ1) is 9.04. The Morgan fingerprint density at radius 1 is 1.53 bits per heavy atom. The fraction of sp³-hybridized carbons (Fsp3) is 0.231. The molecule has 1 aromatic heterocycles. The standard InChI is InChI=1S/C13H13BrFN3O/c1-18-8-11(7-16-18)17-13(19)5-3-9-2-4-10(14)6-12(9)15/h2,4,6-8H,3,5H2,1H3,(H,17,19). The van der Waals surface area contributed by atoms with E-state index in [1.807, 2.05) is 0 Å². The molecule has 0 aliphatic rings. The number of aryl methyl sites for hydroxylation is 2. The minimum absolute atomic E-state index is 0.157. The zero-order valence-electron chi connectivity index (χ0n) is 10.4. The summed E-state index contributed by atoms with van der Waals surface area (Å²) in [7, 11) is 1.77. The molecule has 4 nitrogen and oxygen atoms in total. The Balaban J connectivity index is 1.89. The molecule has 19 heavy (non-hydrogen) atoms. The zero-order valence-corrected chi connectivity index (χ0v) is 11.9. The maximum Gasteiger partial charge on any atom is 0.224 e. The summed E-state index contributed by atoms with van der Waals surface area (Å²) in [6, 6.07) is 4.84. The van der Waals surface area contributed by atoms with E-state index in [1.165, 1.54) is 6.07 Å². The van der Waals surface area contributed by atoms with Gasteiger partial charge in [-0.1, -0.05) is 22.0 Å². The van der Waals surface area contributed by atoms with Gasteiger partial charge in [-0.3, -0.25) is 9.48 Å². The van der Waals surface area contributed by atoms with Crippen molar-refractivity contribution < 1.29 is 9.18 Å². The lowest BCUT2D eigenvalue weighted by molar-refractivity contribution is -0.116. The van der Waals surface area contributed by atoms with Gasteiger partial charge in [0.15, 0.2) is 0 Å². The number of hydrogen-bond acceptors (Lipinski definition) is 2. The predicted octanol–water partition coefficient (Wildman–Crippen LogP) is 2.89. The molecule has 6 heteroatoms. The van der Waals surface area contributed by atoms with E-state index in [4.69, 9.17) is 0 Å². The van der Waals surface area contributed by atoms with Gasteiger partial charge in [-0.15, -0.1) is 0 Å². The summed E-state index contributed by atoms with van der Waals surface area (Å²) in [5, 5.41) is 6.66. The largest absolute Gasteiger partial charge is 0.323 e. The number of amides is 1. The zero-order chi connectivity index (χ0) is 13.8. The Kier molecular flexibility index (Phi) is 4.31. The highest BCUT2D eigenvalue weighted by molar-refractivity contribution is 9.10. The highest BCUT2D eigenvalue weighted by atomic mass is 79.9. The van der Waals surface area contributed by atoms with Crippen LogP contribution in [0.4, 0.5) is 10.1 Å². The van der Waals surface area contributed by atoms with Crippen LogP contribution in [0.3, 0.4) is 0 Å². The second kappa shape index (κ2) is 5.97. The molecule has 0 spiro atoms. The van der Waals surface area contributed by atoms with Gasteiger partial charge in [-0.25, -0.2) is 4.39 Å². The molecule has 1 N–H and O–H groups in total. The van der Waals surface area contributed by atoms with Crippen molar-refractivity contribution in [1.29, 1.82) is 0 Å². The third-order valence-electron chi connectivity index (χ3n) is 2.63. The molecule has 0 atom stereocenters. The van der Waals surface area contributed by atoms with E-state index < -0.39 is 0 Å². The van der Waals surface area contributed by atoms with E-state index in [9.17, 15) is 9.18 Å². The molecule has 0 fully saturated rings. The van der Waals surface area contributed by atoms with E-state index in [0.717, 1.165) is 0 Å². The smallest absolute Gasteiger partial charge is 0.224 e. The molecule has 0 aliphatic heterocycles. The molecule has 0 unspecified atom stereocenters. The van der Waals surface area contributed by atoms with Gasteiger partial charge in [-0.2, -0.15) is 5.10 Å². The Bertz CT molecular complexity index is 597. The van der Waals surface area contributed by atoms with Crippen LogP contribution in [0.25, 0.3) is 0 Å². The van der Waals surface area contributed by atoms with Crippen LogP contribution in [-0.4, -0.2) is 15.7 Å². The minimum Gasteiger partial charge on any atom is -0.323 e. The molecule has 100 valence electrons. The number of rotatable bonds is 4. The van der Waals surface area contributed by atoms with Crippen molar-refractivity contribution in [1.82, 2.24) is 9.78 Å². The van der Waals surface area contributed by atoms with Crippen molar-refractivity contribution in [2.75, 3.05) is 5.32 Å². The lowest BCUT2D eigenvalue weighted by Gasteiger charge is -2.04. The summed E-state index contributed by atoms with van der Waals surface area (Å²) in [5.74, 6) is -0.459. The Morgan fingerprint density at radius 2 is 2.32 bits per heavy atom. The molecule has 0 bridgehead atoms. The van der Waals surface area contributed by atoms with Crippen molar-refractivity contribution in [3.63, 3.8) is 0 Å². The van der Waals surface area contributed by atoms with Crippen LogP contribution in [0.1, 0.15) is 12.0 Å². The highest BCUT2D eigenvalue weighted by Crippen LogP contribution is 2.16. The summed E-state index contributed by atoms with van der Waals surface area (Å²) in [6.07, 6.45) is 3.87. The number of nitrogens with zero attached hydrogens (tertiary/aromatic N) is 2. The van der Waals surface area contributed by atoms with Crippen LogP contribution < -0.4 is 5.32 Å². The van der Waals surface area contributed by atoms with Gasteiger partial charge in [0, 0.05) is 24.1 Å². The van der Waals surface area contributed by atoms with Gasteiger partial charge in [-0.05, 0) is 24.1 Å². The number of halogens is 2. The van der Waals surface area contributed by atoms with Crippen LogP contribution >= 0.6 is 15.9 Å². The summed E-state index contributed by atoms with van der Waals surface area (Å²) >= 11 is 3.19. The van der Waals surface area contributed by atoms with Crippen LogP contribution in [0.5, 0.6) is 0 Å². The van der Waals surface area contributed by atoms with Crippen molar-refractivity contribution in [3.8, 4) is 0 Å². The van der Waals surface area contributed by atoms with E-state index in [-0.39, 0.29) is 18.1 Å². The third-order valence-corrected chi connectivity index (χ3v) is 3.12. The first-order valence-corrected chi connectivity index (χ1v) is 6.56. The molecule has 2 rings (SSSR count). The number of carbonyl (C=O) groups excluding carboxylic acids is 1. The molecule has 0 radical (unpaired) electrons. The van der Waals surface area contributed by atoms with Crippen molar-refractivity contribution in [2.45, 2.75) is 12.8 Å². The predicted molar refractivity (Wildman–Crippen MR) is 74.3 cm³/mol. The molecule has 0 saturated carbocycles. The average molecular weight is 326 g/mol. The first kappa shape index (κ1) is 13.7. The van der Waals surface area contributed by atoms with Crippen LogP contribution in [0, 0.1) is 5.82 Å². The monoisotopic (exact) mass is 325 g/mol. The van der Waals surface area contributed by atoms with E-state index in [2.05, 4.69) is 26.3 Å². The number of hydrogen-bond donors (Lipinski definition) is 1. The van der Waals surface area contributed by atoms with Crippen molar-refractivity contribution in [2.24, 2.45) is 7.05 Å². The number of anilines is 1. The Labute approximate surface area is 118 Å². The van der Waals surface area contributed by atoms with E-state index in [0.29, 0.717) is 22.1 Å². The maximum absolute atomic E-state index is 13.6. The molecule has 0 saturated heterocycles. The summed E-state index contributed by atoms with van der Waals surface area (Å²) in [4.78, 5) is 11.7. The summed E-state index contributed by atoms with van der Waals surface area (Å²) < 4.78 is 15.8. The van der Waals surface area contributed by atoms with E-state index in [1.54, 1.807) is 36.3 Å². The average Bonchev–Trinajstić information content (AvgIpc) is 2.73. The topological polar surface area (TPSA) is 46.9 Å². The summed E-state index contributed by atoms with van der Waals surface area (Å²) in [5.41, 5.74) is 1.17. The molecular weight excluding hydrogens is 313 g/mol. The van der Waals surface area contributed by atoms with Crippen LogP contribution in [0.15, 0.2) is 35.1 Å². The van der Waals surface area contributed by atoms with Crippen LogP contribution in [-0.2, 0) is 18.3 Å². The van der Waals surface area contributed by atoms with E-state index >= 15 is 0 Å². The molecule has 1 heterocycles. The van der Waals surface area contributed by atoms with Gasteiger partial charge in [0.05, 0.1) is 11.9 Å². The minimum atomic E-state index is -0.302. The van der Waals surface area contributed by atoms with Gasteiger partial charge >= 0.3 is 0 Å². The molecule has 0 aliphatic carbocycles. The van der Waals surface area contributed by atoms with Gasteiger partial charge in [0.25, 0.3) is 0 Å². The maximum atomic E-state index is 13.6. The molecule has 1 amide bonds. The third kappa shape index (κ3) is 3.89. The number of aromatic nitrogens is 2. The quantitative estimate of drug-likeness (QED) is 0.939. The molecular formula is C13H13BrFN3O. The lowest BCUT2D eigenvalue weighted by Crippen LogP contribution is -2.12. The van der Waals surface area contributed by atoms with Crippen molar-refractivity contribution >= 4 is 27.5 Å². The fourth-order valence-electron chi connectivity index (χ4n) is 1.68. The lowest BCUT2D eigenvalue weighted by atomic mass is 10.1. The van der Waals surface area contributed by atoms with Crippen molar-refractivity contribution in [3.05, 3.63) is 46.4 Å². The highest BCUT2D eigenvalue weighted by Gasteiger charge is 2.07.